The predicted octanol–water partition coefficient (Wildman–Crippen LogP) is 4.47. The molecule has 3 N–H and O–H groups in total. The maximum absolute atomic E-state index is 12.5. The average Bonchev–Trinajstić information content (AvgIpc) is 3.39. The number of amides is 1. The van der Waals surface area contributed by atoms with E-state index in [1.807, 2.05) is 48.5 Å². The minimum Gasteiger partial charge on any atom is -0.493 e. The van der Waals surface area contributed by atoms with Crippen LogP contribution in [0.4, 0.5) is 5.69 Å². The first-order chi connectivity index (χ1) is 11.4. The number of hydrogen-bond donors (Lipinski definition) is 2. The second kappa shape index (κ2) is 8.21. The third-order valence-corrected chi connectivity index (χ3v) is 4.74. The Hall–Kier alpha value is -1.56. The number of carbonyl (C=O) groups excluding carboxylic acids is 1. The Morgan fingerprint density at radius 1 is 1.20 bits per heavy atom. The number of halogens is 2. The van der Waals surface area contributed by atoms with Gasteiger partial charge in [-0.25, -0.2) is 0 Å². The molecule has 0 radical (unpaired) electrons. The maximum Gasteiger partial charge on any atom is 0.248 e. The van der Waals surface area contributed by atoms with Crippen LogP contribution in [0.5, 0.6) is 5.75 Å². The van der Waals surface area contributed by atoms with Crippen LogP contribution < -0.4 is 15.8 Å². The van der Waals surface area contributed by atoms with Gasteiger partial charge in [0.15, 0.2) is 0 Å². The number of anilines is 1. The average molecular weight is 426 g/mol. The summed E-state index contributed by atoms with van der Waals surface area (Å²) in [5, 5.41) is 2.87. The fourth-order valence-corrected chi connectivity index (χ4v) is 2.59. The Bertz CT molecular complexity index is 713. The molecule has 25 heavy (non-hydrogen) atoms. The van der Waals surface area contributed by atoms with E-state index in [0.717, 1.165) is 22.4 Å². The van der Waals surface area contributed by atoms with Crippen LogP contribution in [-0.4, -0.2) is 12.5 Å². The van der Waals surface area contributed by atoms with E-state index in [1.165, 1.54) is 12.8 Å². The highest BCUT2D eigenvalue weighted by molar-refractivity contribution is 9.10. The zero-order valence-electron chi connectivity index (χ0n) is 14.0. The van der Waals surface area contributed by atoms with Gasteiger partial charge in [0.25, 0.3) is 0 Å². The van der Waals surface area contributed by atoms with Gasteiger partial charge in [-0.2, -0.15) is 0 Å². The topological polar surface area (TPSA) is 64.4 Å². The number of benzene rings is 2. The van der Waals surface area contributed by atoms with Crippen LogP contribution >= 0.6 is 28.3 Å². The fourth-order valence-electron chi connectivity index (χ4n) is 2.32. The summed E-state index contributed by atoms with van der Waals surface area (Å²) in [5.41, 5.74) is 6.59. The largest absolute Gasteiger partial charge is 0.493 e. The lowest BCUT2D eigenvalue weighted by atomic mass is 9.92. The zero-order valence-corrected chi connectivity index (χ0v) is 16.4. The van der Waals surface area contributed by atoms with Crippen LogP contribution in [0.25, 0.3) is 0 Å². The van der Waals surface area contributed by atoms with Crippen molar-refractivity contribution >= 4 is 39.9 Å². The number of nitrogens with one attached hydrogen (secondary N) is 1. The van der Waals surface area contributed by atoms with Gasteiger partial charge in [-0.1, -0.05) is 28.1 Å². The number of hydrogen-bond acceptors (Lipinski definition) is 3. The van der Waals surface area contributed by atoms with Crippen molar-refractivity contribution in [1.29, 1.82) is 0 Å². The van der Waals surface area contributed by atoms with Crippen molar-refractivity contribution in [2.75, 3.05) is 11.9 Å². The van der Waals surface area contributed by atoms with Gasteiger partial charge in [0.2, 0.25) is 5.91 Å². The van der Waals surface area contributed by atoms with E-state index in [2.05, 4.69) is 21.2 Å². The van der Waals surface area contributed by atoms with Crippen molar-refractivity contribution in [2.45, 2.75) is 25.3 Å². The maximum atomic E-state index is 12.5. The number of ether oxygens (including phenoxy) is 1. The molecule has 1 unspecified atom stereocenters. The molecule has 0 saturated heterocycles. The number of nitrogens with two attached hydrogens (primary N) is 1. The first-order valence-corrected chi connectivity index (χ1v) is 8.84. The second-order valence-electron chi connectivity index (χ2n) is 6.44. The highest BCUT2D eigenvalue weighted by Gasteiger charge is 2.30. The first-order valence-electron chi connectivity index (χ1n) is 8.04. The molecule has 3 rings (SSSR count). The van der Waals surface area contributed by atoms with Gasteiger partial charge < -0.3 is 15.8 Å². The quantitative estimate of drug-likeness (QED) is 0.717. The molecule has 0 spiro atoms. The first kappa shape index (κ1) is 19.8. The molecule has 1 aliphatic rings. The van der Waals surface area contributed by atoms with Crippen molar-refractivity contribution in [3.8, 4) is 5.75 Å². The van der Waals surface area contributed by atoms with Gasteiger partial charge in [0, 0.05) is 10.2 Å². The lowest BCUT2D eigenvalue weighted by molar-refractivity contribution is -0.120. The molecular formula is C19H22BrClN2O2. The molecule has 0 aromatic heterocycles. The smallest absolute Gasteiger partial charge is 0.248 e. The highest BCUT2D eigenvalue weighted by Crippen LogP contribution is 2.30. The van der Waals surface area contributed by atoms with Crippen molar-refractivity contribution in [3.63, 3.8) is 0 Å². The third kappa shape index (κ3) is 5.21. The molecule has 2 aromatic rings. The fraction of sp³-hybridized carbons (Fsp3) is 0.316. The van der Waals surface area contributed by atoms with E-state index < -0.39 is 5.54 Å². The molecule has 1 saturated carbocycles. The molecule has 0 bridgehead atoms. The van der Waals surface area contributed by atoms with E-state index in [-0.39, 0.29) is 18.3 Å². The Balaban J connectivity index is 0.00000225. The predicted molar refractivity (Wildman–Crippen MR) is 106 cm³/mol. The summed E-state index contributed by atoms with van der Waals surface area (Å²) in [6, 6.07) is 14.8. The summed E-state index contributed by atoms with van der Waals surface area (Å²) in [4.78, 5) is 12.5. The summed E-state index contributed by atoms with van der Waals surface area (Å²) < 4.78 is 6.64. The van der Waals surface area contributed by atoms with E-state index in [0.29, 0.717) is 11.6 Å². The van der Waals surface area contributed by atoms with Gasteiger partial charge in [0.1, 0.15) is 11.3 Å². The van der Waals surface area contributed by atoms with Crippen molar-refractivity contribution < 1.29 is 9.53 Å². The Labute approximate surface area is 162 Å². The van der Waals surface area contributed by atoms with Gasteiger partial charge in [-0.15, -0.1) is 12.4 Å². The van der Waals surface area contributed by atoms with Gasteiger partial charge in [-0.05, 0) is 67.6 Å². The molecular weight excluding hydrogens is 404 g/mol. The SMILES string of the molecule is CC(N)(C(=O)Nc1ccc(OCC2CC2)cc1)c1ccc(Br)cc1.Cl. The van der Waals surface area contributed by atoms with E-state index in [9.17, 15) is 4.79 Å². The van der Waals surface area contributed by atoms with E-state index in [1.54, 1.807) is 6.92 Å². The summed E-state index contributed by atoms with van der Waals surface area (Å²) in [6.45, 7) is 2.48. The van der Waals surface area contributed by atoms with Gasteiger partial charge in [-0.3, -0.25) is 4.79 Å². The molecule has 134 valence electrons. The zero-order chi connectivity index (χ0) is 17.2. The van der Waals surface area contributed by atoms with Crippen LogP contribution in [0, 0.1) is 5.92 Å². The molecule has 2 aromatic carbocycles. The molecule has 1 atom stereocenters. The van der Waals surface area contributed by atoms with E-state index in [4.69, 9.17) is 10.5 Å². The molecule has 1 amide bonds. The van der Waals surface area contributed by atoms with Crippen molar-refractivity contribution in [1.82, 2.24) is 0 Å². The summed E-state index contributed by atoms with van der Waals surface area (Å²) >= 11 is 3.38. The third-order valence-electron chi connectivity index (χ3n) is 4.21. The van der Waals surface area contributed by atoms with Gasteiger partial charge >= 0.3 is 0 Å². The Kier molecular flexibility index (Phi) is 6.49. The van der Waals surface area contributed by atoms with Crippen LogP contribution in [-0.2, 0) is 10.3 Å². The van der Waals surface area contributed by atoms with Crippen molar-refractivity contribution in [2.24, 2.45) is 11.7 Å². The monoisotopic (exact) mass is 424 g/mol. The standard InChI is InChI=1S/C19H21BrN2O2.ClH/c1-19(21,14-4-6-15(20)7-5-14)18(23)22-16-8-10-17(11-9-16)24-12-13-2-3-13;/h4-11,13H,2-3,12,21H2,1H3,(H,22,23);1H. The number of rotatable bonds is 6. The van der Waals surface area contributed by atoms with E-state index >= 15 is 0 Å². The number of carbonyl (C=O) groups is 1. The van der Waals surface area contributed by atoms with Crippen molar-refractivity contribution in [3.05, 3.63) is 58.6 Å². The molecule has 1 aliphatic carbocycles. The summed E-state index contributed by atoms with van der Waals surface area (Å²) in [5.74, 6) is 1.29. The second-order valence-corrected chi connectivity index (χ2v) is 7.36. The van der Waals surface area contributed by atoms with Crippen LogP contribution in [0.2, 0.25) is 0 Å². The molecule has 0 heterocycles. The molecule has 0 aliphatic heterocycles. The summed E-state index contributed by atoms with van der Waals surface area (Å²) in [6.07, 6.45) is 2.53. The lowest BCUT2D eigenvalue weighted by Crippen LogP contribution is -2.45. The Morgan fingerprint density at radius 3 is 2.36 bits per heavy atom. The Morgan fingerprint density at radius 2 is 1.80 bits per heavy atom. The molecule has 6 heteroatoms. The molecule has 1 fully saturated rings. The lowest BCUT2D eigenvalue weighted by Gasteiger charge is -2.24. The minimum atomic E-state index is -1.11. The van der Waals surface area contributed by atoms with Crippen LogP contribution in [0.15, 0.2) is 53.0 Å². The van der Waals surface area contributed by atoms with Gasteiger partial charge in [0.05, 0.1) is 6.61 Å². The molecule has 4 nitrogen and oxygen atoms in total. The summed E-state index contributed by atoms with van der Waals surface area (Å²) in [7, 11) is 0. The highest BCUT2D eigenvalue weighted by atomic mass is 79.9. The van der Waals surface area contributed by atoms with Crippen LogP contribution in [0.1, 0.15) is 25.3 Å². The van der Waals surface area contributed by atoms with Crippen LogP contribution in [0.3, 0.4) is 0 Å². The normalized spacial score (nSPS) is 15.6. The minimum absolute atomic E-state index is 0.